The van der Waals surface area contributed by atoms with Crippen molar-refractivity contribution in [3.8, 4) is 0 Å². The lowest BCUT2D eigenvalue weighted by atomic mass is 9.87. The highest BCUT2D eigenvalue weighted by molar-refractivity contribution is 6.05. The predicted molar refractivity (Wildman–Crippen MR) is 121 cm³/mol. The molecule has 5 rings (SSSR count). The second-order valence-corrected chi connectivity index (χ2v) is 9.42. The van der Waals surface area contributed by atoms with Gasteiger partial charge in [-0.1, -0.05) is 18.2 Å². The minimum absolute atomic E-state index is 0.0760. The third-order valence-corrected chi connectivity index (χ3v) is 7.30. The van der Waals surface area contributed by atoms with E-state index >= 15 is 4.39 Å². The number of likely N-dealkylation sites (tertiary alicyclic amines) is 1. The van der Waals surface area contributed by atoms with Crippen LogP contribution in [-0.2, 0) is 22.6 Å². The number of carbonyl (C=O) groups excluding carboxylic acids is 3. The van der Waals surface area contributed by atoms with Crippen LogP contribution in [0.4, 0.5) is 8.78 Å². The van der Waals surface area contributed by atoms with Gasteiger partial charge < -0.3 is 9.80 Å². The van der Waals surface area contributed by atoms with Crippen LogP contribution >= 0.6 is 0 Å². The second-order valence-electron chi connectivity index (χ2n) is 9.42. The van der Waals surface area contributed by atoms with Crippen molar-refractivity contribution < 1.29 is 23.2 Å². The van der Waals surface area contributed by atoms with Gasteiger partial charge in [0.2, 0.25) is 11.8 Å². The highest BCUT2D eigenvalue weighted by Gasteiger charge is 2.40. The van der Waals surface area contributed by atoms with Crippen molar-refractivity contribution in [3.05, 3.63) is 70.3 Å². The Bertz CT molecular complexity index is 1130. The van der Waals surface area contributed by atoms with Gasteiger partial charge in [-0.05, 0) is 79.6 Å². The first-order valence-electron chi connectivity index (χ1n) is 11.8. The van der Waals surface area contributed by atoms with E-state index in [2.05, 4.69) is 10.2 Å². The molecule has 2 aromatic rings. The number of fused-ring (bicyclic) bond motifs is 1. The topological polar surface area (TPSA) is 69.7 Å². The predicted octanol–water partition coefficient (Wildman–Crippen LogP) is 3.15. The third kappa shape index (κ3) is 4.46. The summed E-state index contributed by atoms with van der Waals surface area (Å²) in [6.45, 7) is 2.83. The van der Waals surface area contributed by atoms with Crippen LogP contribution in [0.15, 0.2) is 36.4 Å². The zero-order valence-electron chi connectivity index (χ0n) is 18.9. The number of hydrogen-bond donors (Lipinski definition) is 1. The Kier molecular flexibility index (Phi) is 6.16. The van der Waals surface area contributed by atoms with Gasteiger partial charge in [-0.25, -0.2) is 8.78 Å². The summed E-state index contributed by atoms with van der Waals surface area (Å²) >= 11 is 0. The van der Waals surface area contributed by atoms with Crippen molar-refractivity contribution in [3.63, 3.8) is 0 Å². The van der Waals surface area contributed by atoms with Crippen LogP contribution in [0.25, 0.3) is 0 Å². The van der Waals surface area contributed by atoms with Crippen LogP contribution in [0, 0.1) is 11.6 Å². The Morgan fingerprint density at radius 1 is 0.971 bits per heavy atom. The van der Waals surface area contributed by atoms with E-state index in [9.17, 15) is 18.8 Å². The number of nitrogens with one attached hydrogen (secondary N) is 1. The van der Waals surface area contributed by atoms with E-state index in [-0.39, 0.29) is 48.8 Å². The lowest BCUT2D eigenvalue weighted by Crippen LogP contribution is -2.52. The molecule has 1 atom stereocenters. The zero-order chi connectivity index (χ0) is 23.8. The average Bonchev–Trinajstić information content (AvgIpc) is 3.14. The molecule has 34 heavy (non-hydrogen) atoms. The number of amides is 3. The lowest BCUT2D eigenvalue weighted by Gasteiger charge is -2.32. The summed E-state index contributed by atoms with van der Waals surface area (Å²) in [4.78, 5) is 40.4. The van der Waals surface area contributed by atoms with Crippen molar-refractivity contribution in [1.82, 2.24) is 15.1 Å². The molecule has 3 amide bonds. The van der Waals surface area contributed by atoms with E-state index in [1.807, 2.05) is 0 Å². The van der Waals surface area contributed by atoms with E-state index in [1.54, 1.807) is 18.2 Å². The van der Waals surface area contributed by atoms with E-state index in [4.69, 9.17) is 0 Å². The molecule has 0 saturated carbocycles. The summed E-state index contributed by atoms with van der Waals surface area (Å²) in [5.41, 5.74) is 2.78. The molecule has 178 valence electrons. The molecular weight excluding hydrogens is 440 g/mol. The van der Waals surface area contributed by atoms with E-state index in [0.29, 0.717) is 11.1 Å². The van der Waals surface area contributed by atoms with E-state index in [1.165, 1.54) is 23.1 Å². The van der Waals surface area contributed by atoms with Gasteiger partial charge in [-0.15, -0.1) is 0 Å². The minimum Gasteiger partial charge on any atom is -0.322 e. The number of piperidine rings is 2. The van der Waals surface area contributed by atoms with Gasteiger partial charge >= 0.3 is 0 Å². The highest BCUT2D eigenvalue weighted by Crippen LogP contribution is 2.35. The summed E-state index contributed by atoms with van der Waals surface area (Å²) in [6.07, 6.45) is 2.97. The van der Waals surface area contributed by atoms with Crippen LogP contribution in [0.1, 0.15) is 58.6 Å². The number of nitrogens with zero attached hydrogens (tertiary/aromatic N) is 2. The molecule has 0 bridgehead atoms. The number of rotatable bonds is 5. The first kappa shape index (κ1) is 22.7. The van der Waals surface area contributed by atoms with Gasteiger partial charge in [0.1, 0.15) is 17.7 Å². The maximum absolute atomic E-state index is 15.1. The molecule has 0 aromatic heterocycles. The summed E-state index contributed by atoms with van der Waals surface area (Å²) in [5, 5.41) is 2.29. The summed E-state index contributed by atoms with van der Waals surface area (Å²) < 4.78 is 28.1. The number of hydrogen-bond acceptors (Lipinski definition) is 4. The van der Waals surface area contributed by atoms with Gasteiger partial charge in [-0.2, -0.15) is 0 Å². The van der Waals surface area contributed by atoms with Gasteiger partial charge in [0.05, 0.1) is 0 Å². The lowest BCUT2D eigenvalue weighted by molar-refractivity contribution is -0.136. The standard InChI is InChI=1S/C26H27F2N3O3/c27-19-3-1-16(2-4-19)7-10-30-11-8-17(9-12-30)20-13-18-15-31(26(34)21(18)14-22(20)28)23-5-6-24(32)29-25(23)33/h1-4,13-14,17,23H,5-12,15H2,(H,29,32,33). The maximum Gasteiger partial charge on any atom is 0.255 e. The molecule has 2 aromatic carbocycles. The summed E-state index contributed by atoms with van der Waals surface area (Å²) in [6, 6.07) is 8.98. The molecule has 8 heteroatoms. The summed E-state index contributed by atoms with van der Waals surface area (Å²) in [7, 11) is 0. The third-order valence-electron chi connectivity index (χ3n) is 7.30. The Morgan fingerprint density at radius 2 is 1.71 bits per heavy atom. The molecule has 1 N–H and O–H groups in total. The van der Waals surface area contributed by atoms with Crippen molar-refractivity contribution in [1.29, 1.82) is 0 Å². The fourth-order valence-electron chi connectivity index (χ4n) is 5.33. The molecule has 0 spiro atoms. The number of carbonyl (C=O) groups is 3. The minimum atomic E-state index is -0.701. The summed E-state index contributed by atoms with van der Waals surface area (Å²) in [5.74, 6) is -1.68. The van der Waals surface area contributed by atoms with E-state index < -0.39 is 11.9 Å². The smallest absolute Gasteiger partial charge is 0.255 e. The van der Waals surface area contributed by atoms with Crippen LogP contribution in [0.5, 0.6) is 0 Å². The average molecular weight is 468 g/mol. The Balaban J connectivity index is 1.22. The monoisotopic (exact) mass is 467 g/mol. The van der Waals surface area contributed by atoms with Crippen molar-refractivity contribution in [2.45, 2.75) is 50.6 Å². The molecule has 3 aliphatic rings. The van der Waals surface area contributed by atoms with Crippen LogP contribution in [-0.4, -0.2) is 53.2 Å². The first-order chi connectivity index (χ1) is 16.4. The number of benzene rings is 2. The fraction of sp³-hybridized carbons (Fsp3) is 0.423. The molecule has 3 aliphatic heterocycles. The molecule has 0 radical (unpaired) electrons. The maximum atomic E-state index is 15.1. The second kappa shape index (κ2) is 9.25. The number of imide groups is 1. The quantitative estimate of drug-likeness (QED) is 0.686. The van der Waals surface area contributed by atoms with Gasteiger partial charge in [0, 0.05) is 25.1 Å². The Labute approximate surface area is 196 Å². The molecule has 2 fully saturated rings. The first-order valence-corrected chi connectivity index (χ1v) is 11.8. The number of halogens is 2. The van der Waals surface area contributed by atoms with Crippen LogP contribution < -0.4 is 5.32 Å². The molecule has 3 heterocycles. The Morgan fingerprint density at radius 3 is 2.41 bits per heavy atom. The van der Waals surface area contributed by atoms with Crippen molar-refractivity contribution in [2.24, 2.45) is 0 Å². The zero-order valence-corrected chi connectivity index (χ0v) is 18.9. The molecule has 0 aliphatic carbocycles. The van der Waals surface area contributed by atoms with Crippen molar-refractivity contribution >= 4 is 17.7 Å². The molecule has 1 unspecified atom stereocenters. The van der Waals surface area contributed by atoms with Crippen LogP contribution in [0.2, 0.25) is 0 Å². The van der Waals surface area contributed by atoms with Crippen molar-refractivity contribution in [2.75, 3.05) is 19.6 Å². The van der Waals surface area contributed by atoms with E-state index in [0.717, 1.165) is 50.0 Å². The van der Waals surface area contributed by atoms with Crippen LogP contribution in [0.3, 0.4) is 0 Å². The molecular formula is C26H27F2N3O3. The molecule has 2 saturated heterocycles. The normalized spacial score (nSPS) is 21.6. The highest BCUT2D eigenvalue weighted by atomic mass is 19.1. The van der Waals surface area contributed by atoms with Gasteiger partial charge in [-0.3, -0.25) is 19.7 Å². The van der Waals surface area contributed by atoms with Gasteiger partial charge in [0.15, 0.2) is 0 Å². The fourth-order valence-corrected chi connectivity index (χ4v) is 5.33. The van der Waals surface area contributed by atoms with Gasteiger partial charge in [0.25, 0.3) is 5.91 Å². The molecule has 6 nitrogen and oxygen atoms in total. The SMILES string of the molecule is O=C1CCC(N2Cc3cc(C4CCN(CCc5ccc(F)cc5)CC4)c(F)cc3C2=O)C(=O)N1. The largest absolute Gasteiger partial charge is 0.322 e. The Hall–Kier alpha value is -3.13.